The van der Waals surface area contributed by atoms with Crippen LogP contribution in [0.25, 0.3) is 0 Å². The molecule has 1 spiro atoms. The molecular formula is C27H26N2O2S. The Morgan fingerprint density at radius 1 is 0.938 bits per heavy atom. The van der Waals surface area contributed by atoms with Gasteiger partial charge in [0.1, 0.15) is 0 Å². The van der Waals surface area contributed by atoms with Crippen LogP contribution in [0.3, 0.4) is 0 Å². The van der Waals surface area contributed by atoms with Crippen LogP contribution in [0.1, 0.15) is 42.0 Å². The van der Waals surface area contributed by atoms with Gasteiger partial charge in [-0.15, -0.1) is 11.8 Å². The van der Waals surface area contributed by atoms with E-state index in [0.29, 0.717) is 12.5 Å². The second-order valence-electron chi connectivity index (χ2n) is 8.80. The molecule has 0 saturated carbocycles. The van der Waals surface area contributed by atoms with Crippen molar-refractivity contribution in [3.8, 4) is 0 Å². The minimum absolute atomic E-state index is 0.0346. The van der Waals surface area contributed by atoms with Crippen LogP contribution in [-0.4, -0.2) is 17.6 Å². The first kappa shape index (κ1) is 20.8. The van der Waals surface area contributed by atoms with E-state index < -0.39 is 4.87 Å². The highest BCUT2D eigenvalue weighted by molar-refractivity contribution is 8.02. The van der Waals surface area contributed by atoms with E-state index in [4.69, 9.17) is 0 Å². The van der Waals surface area contributed by atoms with Crippen molar-refractivity contribution < 1.29 is 9.59 Å². The molecule has 0 radical (unpaired) electrons. The van der Waals surface area contributed by atoms with Crippen molar-refractivity contribution in [3.05, 3.63) is 95.1 Å². The molecule has 4 nitrogen and oxygen atoms in total. The van der Waals surface area contributed by atoms with Gasteiger partial charge in [-0.25, -0.2) is 0 Å². The molecule has 0 N–H and O–H groups in total. The summed E-state index contributed by atoms with van der Waals surface area (Å²) < 4.78 is 0. The summed E-state index contributed by atoms with van der Waals surface area (Å²) in [5.41, 5.74) is 6.00. The Balaban J connectivity index is 1.60. The predicted molar refractivity (Wildman–Crippen MR) is 131 cm³/mol. The Bertz CT molecular complexity index is 1190. The van der Waals surface area contributed by atoms with Gasteiger partial charge in [-0.1, -0.05) is 74.0 Å². The summed E-state index contributed by atoms with van der Waals surface area (Å²) in [6.45, 7) is 6.82. The molecule has 1 fully saturated rings. The number of benzene rings is 3. The van der Waals surface area contributed by atoms with Crippen LogP contribution in [0, 0.1) is 6.92 Å². The van der Waals surface area contributed by atoms with Gasteiger partial charge < -0.3 is 4.90 Å². The molecular weight excluding hydrogens is 416 g/mol. The average Bonchev–Trinajstić information content (AvgIpc) is 3.26. The number of amides is 2. The van der Waals surface area contributed by atoms with E-state index in [1.807, 2.05) is 41.3 Å². The summed E-state index contributed by atoms with van der Waals surface area (Å²) in [7, 11) is 0. The number of nitrogens with zero attached hydrogens (tertiary/aromatic N) is 2. The van der Waals surface area contributed by atoms with Crippen LogP contribution in [0.2, 0.25) is 0 Å². The van der Waals surface area contributed by atoms with Gasteiger partial charge in [-0.3, -0.25) is 14.5 Å². The van der Waals surface area contributed by atoms with Crippen LogP contribution in [-0.2, 0) is 21.0 Å². The van der Waals surface area contributed by atoms with Gasteiger partial charge >= 0.3 is 0 Å². The van der Waals surface area contributed by atoms with E-state index in [9.17, 15) is 9.59 Å². The second-order valence-corrected chi connectivity index (χ2v) is 9.97. The van der Waals surface area contributed by atoms with Crippen LogP contribution in [0.5, 0.6) is 0 Å². The molecule has 2 heterocycles. The second kappa shape index (κ2) is 7.82. The number of rotatable bonds is 4. The highest BCUT2D eigenvalue weighted by atomic mass is 32.2. The fourth-order valence-corrected chi connectivity index (χ4v) is 5.96. The van der Waals surface area contributed by atoms with Crippen molar-refractivity contribution in [2.45, 2.75) is 38.1 Å². The number of anilines is 2. The number of hydrogen-bond donors (Lipinski definition) is 0. The fraction of sp³-hybridized carbons (Fsp3) is 0.259. The number of carbonyl (C=O) groups excluding carboxylic acids is 2. The van der Waals surface area contributed by atoms with Gasteiger partial charge in [0.05, 0.1) is 18.0 Å². The van der Waals surface area contributed by atoms with E-state index >= 15 is 0 Å². The van der Waals surface area contributed by atoms with E-state index in [1.165, 1.54) is 22.9 Å². The summed E-state index contributed by atoms with van der Waals surface area (Å²) in [5, 5.41) is 0. The molecule has 1 atom stereocenters. The Kier molecular flexibility index (Phi) is 5.09. The molecule has 3 aromatic carbocycles. The molecule has 5 rings (SSSR count). The van der Waals surface area contributed by atoms with Gasteiger partial charge in [0.15, 0.2) is 0 Å². The highest BCUT2D eigenvalue weighted by Gasteiger charge is 2.60. The van der Waals surface area contributed by atoms with Crippen molar-refractivity contribution in [1.29, 1.82) is 0 Å². The Labute approximate surface area is 193 Å². The van der Waals surface area contributed by atoms with E-state index in [0.717, 1.165) is 22.5 Å². The largest absolute Gasteiger partial charge is 0.304 e. The smallest absolute Gasteiger partial charge is 0.269 e. The lowest BCUT2D eigenvalue weighted by molar-refractivity contribution is -0.123. The first-order chi connectivity index (χ1) is 15.4. The maximum atomic E-state index is 14.1. The van der Waals surface area contributed by atoms with Crippen LogP contribution < -0.4 is 9.80 Å². The van der Waals surface area contributed by atoms with Crippen molar-refractivity contribution >= 4 is 35.0 Å². The van der Waals surface area contributed by atoms with Crippen molar-refractivity contribution in [2.24, 2.45) is 0 Å². The highest BCUT2D eigenvalue weighted by Crippen LogP contribution is 2.55. The molecule has 2 aliphatic heterocycles. The zero-order valence-electron chi connectivity index (χ0n) is 18.5. The van der Waals surface area contributed by atoms with Crippen LogP contribution >= 0.6 is 11.8 Å². The quantitative estimate of drug-likeness (QED) is 0.528. The van der Waals surface area contributed by atoms with Crippen LogP contribution in [0.15, 0.2) is 72.8 Å². The lowest BCUT2D eigenvalue weighted by Crippen LogP contribution is -2.49. The zero-order valence-corrected chi connectivity index (χ0v) is 19.4. The molecule has 0 bridgehead atoms. The Morgan fingerprint density at radius 2 is 1.62 bits per heavy atom. The summed E-state index contributed by atoms with van der Waals surface area (Å²) in [5.74, 6) is 0.598. The molecule has 162 valence electrons. The standard InChI is InChI=1S/C27H26N2O2S/c1-18(2)21-12-14-22(15-13-21)29-25(30)17-32-27(29)23-6-4-5-7-24(23)28(26(27)31)16-20-10-8-19(3)9-11-20/h4-15,18H,16-17H2,1-3H3. The number of fused-ring (bicyclic) bond motifs is 2. The number of para-hydroxylation sites is 1. The number of carbonyl (C=O) groups is 2. The normalized spacial score (nSPS) is 20.0. The van der Waals surface area contributed by atoms with Crippen molar-refractivity contribution in [3.63, 3.8) is 0 Å². The van der Waals surface area contributed by atoms with E-state index in [1.54, 1.807) is 4.90 Å². The molecule has 32 heavy (non-hydrogen) atoms. The number of aryl methyl sites for hydroxylation is 1. The lowest BCUT2D eigenvalue weighted by Gasteiger charge is -2.33. The Hall–Kier alpha value is -3.05. The zero-order chi connectivity index (χ0) is 22.5. The van der Waals surface area contributed by atoms with Crippen molar-refractivity contribution in [2.75, 3.05) is 15.6 Å². The van der Waals surface area contributed by atoms with E-state index in [-0.39, 0.29) is 17.6 Å². The summed E-state index contributed by atoms with van der Waals surface area (Å²) >= 11 is 1.43. The summed E-state index contributed by atoms with van der Waals surface area (Å²) in [4.78, 5) is 29.7. The number of thioether (sulfide) groups is 1. The molecule has 0 aromatic heterocycles. The molecule has 5 heteroatoms. The molecule has 1 saturated heterocycles. The van der Waals surface area contributed by atoms with Gasteiger partial charge in [-0.2, -0.15) is 0 Å². The molecule has 0 aliphatic carbocycles. The van der Waals surface area contributed by atoms with Crippen LogP contribution in [0.4, 0.5) is 11.4 Å². The third kappa shape index (κ3) is 3.15. The summed E-state index contributed by atoms with van der Waals surface area (Å²) in [6.07, 6.45) is 0. The first-order valence-electron chi connectivity index (χ1n) is 11.0. The molecule has 1 unspecified atom stereocenters. The first-order valence-corrected chi connectivity index (χ1v) is 11.9. The van der Waals surface area contributed by atoms with Gasteiger partial charge in [0.2, 0.25) is 10.8 Å². The third-order valence-electron chi connectivity index (χ3n) is 6.34. The van der Waals surface area contributed by atoms with Gasteiger partial charge in [-0.05, 0) is 42.2 Å². The minimum atomic E-state index is -1.06. The fourth-order valence-electron chi connectivity index (χ4n) is 4.60. The van der Waals surface area contributed by atoms with Gasteiger partial charge in [0, 0.05) is 11.3 Å². The lowest BCUT2D eigenvalue weighted by atomic mass is 10.0. The topological polar surface area (TPSA) is 40.6 Å². The molecule has 2 aliphatic rings. The van der Waals surface area contributed by atoms with Crippen molar-refractivity contribution in [1.82, 2.24) is 0 Å². The number of hydrogen-bond acceptors (Lipinski definition) is 3. The maximum absolute atomic E-state index is 14.1. The minimum Gasteiger partial charge on any atom is -0.304 e. The van der Waals surface area contributed by atoms with E-state index in [2.05, 4.69) is 57.2 Å². The molecule has 2 amide bonds. The predicted octanol–water partition coefficient (Wildman–Crippen LogP) is 5.60. The maximum Gasteiger partial charge on any atom is 0.269 e. The monoisotopic (exact) mass is 442 g/mol. The Morgan fingerprint density at radius 3 is 2.31 bits per heavy atom. The van der Waals surface area contributed by atoms with Gasteiger partial charge in [0.25, 0.3) is 5.91 Å². The third-order valence-corrected chi connectivity index (χ3v) is 7.73. The molecule has 3 aromatic rings. The average molecular weight is 443 g/mol. The SMILES string of the molecule is Cc1ccc(CN2C(=O)C3(SCC(=O)N3c3ccc(C(C)C)cc3)c3ccccc32)cc1. The summed E-state index contributed by atoms with van der Waals surface area (Å²) in [6, 6.07) is 24.2.